The highest BCUT2D eigenvalue weighted by atomic mass is 16.7. The fourth-order valence-electron chi connectivity index (χ4n) is 2.63. The minimum atomic E-state index is -0.243. The normalized spacial score (nSPS) is 15.3. The van der Waals surface area contributed by atoms with Gasteiger partial charge < -0.3 is 9.47 Å². The van der Waals surface area contributed by atoms with Crippen molar-refractivity contribution in [1.82, 2.24) is 0 Å². The number of carbonyl (C=O) groups is 2. The summed E-state index contributed by atoms with van der Waals surface area (Å²) >= 11 is 0. The van der Waals surface area contributed by atoms with Crippen LogP contribution in [0.2, 0.25) is 0 Å². The summed E-state index contributed by atoms with van der Waals surface area (Å²) in [5.41, 5.74) is 1.76. The van der Waals surface area contributed by atoms with Crippen molar-refractivity contribution in [2.45, 2.75) is 0 Å². The van der Waals surface area contributed by atoms with Crippen molar-refractivity contribution in [3.8, 4) is 11.5 Å². The van der Waals surface area contributed by atoms with Crippen LogP contribution in [0.5, 0.6) is 11.5 Å². The topological polar surface area (TPSA) is 52.6 Å². The molecule has 0 fully saturated rings. The smallest absolute Gasteiger partial charge is 0.231 e. The second kappa shape index (κ2) is 4.31. The van der Waals surface area contributed by atoms with E-state index >= 15 is 0 Å². The molecule has 4 heteroatoms. The van der Waals surface area contributed by atoms with E-state index in [1.165, 1.54) is 0 Å². The fourth-order valence-corrected chi connectivity index (χ4v) is 2.63. The zero-order valence-corrected chi connectivity index (χ0v) is 11.0. The average molecular weight is 278 g/mol. The molecule has 4 rings (SSSR count). The lowest BCUT2D eigenvalue weighted by molar-refractivity contribution is 0.0990. The van der Waals surface area contributed by atoms with Gasteiger partial charge in [-0.3, -0.25) is 9.59 Å². The summed E-state index contributed by atoms with van der Waals surface area (Å²) in [5, 5.41) is 0. The highest BCUT2D eigenvalue weighted by Gasteiger charge is 2.33. The second-order valence-electron chi connectivity index (χ2n) is 4.84. The van der Waals surface area contributed by atoms with Crippen LogP contribution in [0.15, 0.2) is 48.0 Å². The van der Waals surface area contributed by atoms with E-state index in [1.807, 2.05) is 0 Å². The lowest BCUT2D eigenvalue weighted by Crippen LogP contribution is -2.00. The highest BCUT2D eigenvalue weighted by Crippen LogP contribution is 2.37. The van der Waals surface area contributed by atoms with Crippen molar-refractivity contribution in [2.75, 3.05) is 6.79 Å². The van der Waals surface area contributed by atoms with Gasteiger partial charge in [0.05, 0.1) is 5.57 Å². The van der Waals surface area contributed by atoms with Crippen molar-refractivity contribution in [3.05, 3.63) is 64.7 Å². The number of hydrogen-bond donors (Lipinski definition) is 0. The standard InChI is InChI=1S/C17H10O4/c18-15-11-5-1-2-6-12(11)16(19)13(15)8-10-4-3-7-14-17(10)21-9-20-14/h1-8H,9H2. The molecule has 0 saturated heterocycles. The summed E-state index contributed by atoms with van der Waals surface area (Å²) in [6.07, 6.45) is 1.58. The molecule has 2 aromatic carbocycles. The number of Topliss-reactive ketones (excluding diaryl/α,β-unsaturated/α-hetero) is 2. The minimum Gasteiger partial charge on any atom is -0.454 e. The van der Waals surface area contributed by atoms with Gasteiger partial charge in [0.25, 0.3) is 0 Å². The van der Waals surface area contributed by atoms with Crippen LogP contribution in [0.3, 0.4) is 0 Å². The van der Waals surface area contributed by atoms with Crippen molar-refractivity contribution >= 4 is 17.6 Å². The van der Waals surface area contributed by atoms with Gasteiger partial charge in [-0.05, 0) is 12.1 Å². The van der Waals surface area contributed by atoms with Crippen molar-refractivity contribution in [3.63, 3.8) is 0 Å². The van der Waals surface area contributed by atoms with Crippen LogP contribution in [0.1, 0.15) is 26.3 Å². The summed E-state index contributed by atoms with van der Waals surface area (Å²) < 4.78 is 10.7. The number of fused-ring (bicyclic) bond motifs is 2. The predicted octanol–water partition coefficient (Wildman–Crippen LogP) is 2.88. The van der Waals surface area contributed by atoms with Gasteiger partial charge in [0.2, 0.25) is 6.79 Å². The van der Waals surface area contributed by atoms with E-state index in [1.54, 1.807) is 48.5 Å². The molecule has 0 spiro atoms. The van der Waals surface area contributed by atoms with Crippen LogP contribution in [0, 0.1) is 0 Å². The maximum absolute atomic E-state index is 12.4. The van der Waals surface area contributed by atoms with Gasteiger partial charge >= 0.3 is 0 Å². The second-order valence-corrected chi connectivity index (χ2v) is 4.84. The van der Waals surface area contributed by atoms with Gasteiger partial charge in [-0.1, -0.05) is 36.4 Å². The maximum Gasteiger partial charge on any atom is 0.231 e. The minimum absolute atomic E-state index is 0.150. The van der Waals surface area contributed by atoms with Gasteiger partial charge in [-0.25, -0.2) is 0 Å². The van der Waals surface area contributed by atoms with Crippen LogP contribution < -0.4 is 9.47 Å². The fraction of sp³-hybridized carbons (Fsp3) is 0.0588. The SMILES string of the molecule is O=C1C(=Cc2cccc3c2OCO3)C(=O)c2ccccc21. The Morgan fingerprint density at radius 2 is 1.57 bits per heavy atom. The maximum atomic E-state index is 12.4. The van der Waals surface area contributed by atoms with E-state index < -0.39 is 0 Å². The van der Waals surface area contributed by atoms with Gasteiger partial charge in [0.1, 0.15) is 0 Å². The molecular weight excluding hydrogens is 268 g/mol. The average Bonchev–Trinajstić information content (AvgIpc) is 3.08. The Hall–Kier alpha value is -2.88. The van der Waals surface area contributed by atoms with Crippen LogP contribution in [0.4, 0.5) is 0 Å². The number of rotatable bonds is 1. The van der Waals surface area contributed by atoms with Crippen LogP contribution >= 0.6 is 0 Å². The summed E-state index contributed by atoms with van der Waals surface area (Å²) in [6.45, 7) is 0.150. The first-order chi connectivity index (χ1) is 10.3. The molecule has 0 unspecified atom stereocenters. The summed E-state index contributed by atoms with van der Waals surface area (Å²) in [7, 11) is 0. The molecule has 2 aliphatic rings. The number of carbonyl (C=O) groups excluding carboxylic acids is 2. The number of allylic oxidation sites excluding steroid dienone is 1. The quantitative estimate of drug-likeness (QED) is 0.594. The molecule has 0 amide bonds. The first-order valence-corrected chi connectivity index (χ1v) is 6.54. The van der Waals surface area contributed by atoms with Crippen molar-refractivity contribution in [2.24, 2.45) is 0 Å². The molecular formula is C17H10O4. The molecule has 4 nitrogen and oxygen atoms in total. The van der Waals surface area contributed by atoms with E-state index in [0.29, 0.717) is 28.2 Å². The Bertz CT molecular complexity index is 780. The van der Waals surface area contributed by atoms with Crippen molar-refractivity contribution in [1.29, 1.82) is 0 Å². The lowest BCUT2D eigenvalue weighted by atomic mass is 10.1. The molecule has 0 bridgehead atoms. The summed E-state index contributed by atoms with van der Waals surface area (Å²) in [6, 6.07) is 12.2. The number of para-hydroxylation sites is 1. The van der Waals surface area contributed by atoms with E-state index in [-0.39, 0.29) is 23.9 Å². The molecule has 0 aromatic heterocycles. The zero-order valence-electron chi connectivity index (χ0n) is 11.0. The Kier molecular flexibility index (Phi) is 2.44. The van der Waals surface area contributed by atoms with E-state index in [9.17, 15) is 9.59 Å². The highest BCUT2D eigenvalue weighted by molar-refractivity contribution is 6.41. The predicted molar refractivity (Wildman–Crippen MR) is 75.6 cm³/mol. The number of benzene rings is 2. The van der Waals surface area contributed by atoms with E-state index in [2.05, 4.69) is 0 Å². The third-order valence-electron chi connectivity index (χ3n) is 3.63. The molecule has 0 saturated carbocycles. The monoisotopic (exact) mass is 278 g/mol. The van der Waals surface area contributed by atoms with E-state index in [4.69, 9.17) is 9.47 Å². The zero-order chi connectivity index (χ0) is 14.4. The van der Waals surface area contributed by atoms with Gasteiger partial charge in [-0.2, -0.15) is 0 Å². The third kappa shape index (κ3) is 1.69. The van der Waals surface area contributed by atoms with Crippen LogP contribution in [-0.2, 0) is 0 Å². The van der Waals surface area contributed by atoms with Crippen molar-refractivity contribution < 1.29 is 19.1 Å². The number of hydrogen-bond acceptors (Lipinski definition) is 4. The Labute approximate surface area is 120 Å². The Morgan fingerprint density at radius 3 is 2.29 bits per heavy atom. The molecule has 1 heterocycles. The molecule has 0 N–H and O–H groups in total. The summed E-state index contributed by atoms with van der Waals surface area (Å²) in [4.78, 5) is 24.7. The lowest BCUT2D eigenvalue weighted by Gasteiger charge is -2.01. The van der Waals surface area contributed by atoms with Crippen LogP contribution in [-0.4, -0.2) is 18.4 Å². The first-order valence-electron chi connectivity index (χ1n) is 6.54. The molecule has 0 radical (unpaired) electrons. The van der Waals surface area contributed by atoms with Gasteiger partial charge in [0.15, 0.2) is 23.1 Å². The Morgan fingerprint density at radius 1 is 0.857 bits per heavy atom. The van der Waals surface area contributed by atoms with Crippen LogP contribution in [0.25, 0.3) is 6.08 Å². The molecule has 1 aliphatic heterocycles. The number of ketones is 2. The molecule has 2 aromatic rings. The first kappa shape index (κ1) is 11.9. The molecule has 102 valence electrons. The van der Waals surface area contributed by atoms with Gasteiger partial charge in [-0.15, -0.1) is 0 Å². The molecule has 21 heavy (non-hydrogen) atoms. The van der Waals surface area contributed by atoms with E-state index in [0.717, 1.165) is 0 Å². The molecule has 0 atom stereocenters. The number of ether oxygens (including phenoxy) is 2. The Balaban J connectivity index is 1.84. The van der Waals surface area contributed by atoms with Gasteiger partial charge in [0, 0.05) is 16.7 Å². The largest absolute Gasteiger partial charge is 0.454 e. The molecule has 1 aliphatic carbocycles. The summed E-state index contributed by atoms with van der Waals surface area (Å²) in [5.74, 6) is 0.709. The third-order valence-corrected chi connectivity index (χ3v) is 3.63.